The molecule has 1 saturated heterocycles. The van der Waals surface area contributed by atoms with Crippen molar-refractivity contribution in [3.63, 3.8) is 0 Å². The van der Waals surface area contributed by atoms with Crippen molar-refractivity contribution in [1.29, 1.82) is 0 Å². The van der Waals surface area contributed by atoms with Crippen LogP contribution in [0.1, 0.15) is 24.2 Å². The molecule has 0 aliphatic carbocycles. The van der Waals surface area contributed by atoms with Crippen molar-refractivity contribution >= 4 is 11.9 Å². The van der Waals surface area contributed by atoms with Gasteiger partial charge in [0.1, 0.15) is 18.5 Å². The number of ketones is 1. The molecular formula is C18H26N2O5. The lowest BCUT2D eigenvalue weighted by Crippen LogP contribution is -2.51. The lowest BCUT2D eigenvalue weighted by atomic mass is 10.1. The Kier molecular flexibility index (Phi) is 7.21. The van der Waals surface area contributed by atoms with E-state index in [4.69, 9.17) is 9.47 Å². The average molecular weight is 350 g/mol. The number of piperazine rings is 1. The van der Waals surface area contributed by atoms with Gasteiger partial charge in [0.2, 0.25) is 0 Å². The van der Waals surface area contributed by atoms with E-state index in [-0.39, 0.29) is 18.5 Å². The quantitative estimate of drug-likeness (QED) is 0.749. The zero-order chi connectivity index (χ0) is 18.2. The number of hydrogen-bond acceptors (Lipinski definition) is 6. The van der Waals surface area contributed by atoms with Crippen LogP contribution in [0, 0.1) is 0 Å². The van der Waals surface area contributed by atoms with Gasteiger partial charge in [-0.25, -0.2) is 4.79 Å². The Labute approximate surface area is 148 Å². The zero-order valence-electron chi connectivity index (χ0n) is 14.8. The zero-order valence-corrected chi connectivity index (χ0v) is 14.8. The first-order valence-electron chi connectivity index (χ1n) is 8.55. The van der Waals surface area contributed by atoms with Crippen LogP contribution in [0.25, 0.3) is 0 Å². The second kappa shape index (κ2) is 9.39. The van der Waals surface area contributed by atoms with E-state index in [9.17, 15) is 14.7 Å². The molecule has 2 rings (SSSR count). The van der Waals surface area contributed by atoms with Crippen LogP contribution >= 0.6 is 0 Å². The maximum Gasteiger partial charge on any atom is 0.409 e. The number of carbonyl (C=O) groups is 2. The van der Waals surface area contributed by atoms with E-state index in [0.29, 0.717) is 50.6 Å². The fourth-order valence-corrected chi connectivity index (χ4v) is 2.66. The largest absolute Gasteiger partial charge is 0.491 e. The lowest BCUT2D eigenvalue weighted by Gasteiger charge is -2.34. The first-order valence-corrected chi connectivity index (χ1v) is 8.55. The molecule has 7 heteroatoms. The van der Waals surface area contributed by atoms with Crippen LogP contribution in [0.5, 0.6) is 5.75 Å². The van der Waals surface area contributed by atoms with Gasteiger partial charge in [0.25, 0.3) is 0 Å². The van der Waals surface area contributed by atoms with Crippen LogP contribution < -0.4 is 4.74 Å². The number of β-amino-alcohol motifs (C(OH)–C–C–N with tert-alkyl or cyclic N) is 1. The number of ether oxygens (including phenoxy) is 2. The molecule has 1 fully saturated rings. The minimum atomic E-state index is -0.623. The monoisotopic (exact) mass is 350 g/mol. The molecule has 0 saturated carbocycles. The first kappa shape index (κ1) is 19.2. The lowest BCUT2D eigenvalue weighted by molar-refractivity contribution is 0.0407. The second-order valence-electron chi connectivity index (χ2n) is 6.03. The summed E-state index contributed by atoms with van der Waals surface area (Å²) in [6.07, 6.45) is -0.901. The highest BCUT2D eigenvalue weighted by atomic mass is 16.6. The molecule has 1 heterocycles. The number of hydrogen-bond donors (Lipinski definition) is 1. The van der Waals surface area contributed by atoms with Gasteiger partial charge in [0.15, 0.2) is 5.78 Å². The summed E-state index contributed by atoms with van der Waals surface area (Å²) in [5.41, 5.74) is 0.632. The molecule has 7 nitrogen and oxygen atoms in total. The molecule has 25 heavy (non-hydrogen) atoms. The van der Waals surface area contributed by atoms with Crippen molar-refractivity contribution in [2.75, 3.05) is 45.9 Å². The van der Waals surface area contributed by atoms with E-state index in [1.807, 2.05) is 0 Å². The molecule has 138 valence electrons. The Morgan fingerprint density at radius 2 is 1.80 bits per heavy atom. The van der Waals surface area contributed by atoms with Crippen LogP contribution in [0.4, 0.5) is 4.79 Å². The fourth-order valence-electron chi connectivity index (χ4n) is 2.66. The summed E-state index contributed by atoms with van der Waals surface area (Å²) in [5.74, 6) is 0.629. The van der Waals surface area contributed by atoms with Gasteiger partial charge in [-0.2, -0.15) is 0 Å². The number of rotatable bonds is 7. The smallest absolute Gasteiger partial charge is 0.409 e. The predicted molar refractivity (Wildman–Crippen MR) is 93.0 cm³/mol. The molecule has 0 aromatic heterocycles. The Morgan fingerprint density at radius 1 is 1.16 bits per heavy atom. The second-order valence-corrected chi connectivity index (χ2v) is 6.03. The minimum absolute atomic E-state index is 0.00791. The minimum Gasteiger partial charge on any atom is -0.491 e. The number of aliphatic hydroxyl groups is 1. The normalized spacial score (nSPS) is 16.4. The van der Waals surface area contributed by atoms with E-state index in [1.165, 1.54) is 6.92 Å². The molecule has 0 unspecified atom stereocenters. The summed E-state index contributed by atoms with van der Waals surface area (Å²) in [6, 6.07) is 6.86. The molecule has 0 radical (unpaired) electrons. The number of amides is 1. The van der Waals surface area contributed by atoms with Crippen molar-refractivity contribution in [3.8, 4) is 5.75 Å². The molecule has 1 aliphatic rings. The van der Waals surface area contributed by atoms with E-state index in [1.54, 1.807) is 36.1 Å². The van der Waals surface area contributed by atoms with Crippen molar-refractivity contribution in [2.24, 2.45) is 0 Å². The van der Waals surface area contributed by atoms with E-state index in [0.717, 1.165) is 0 Å². The van der Waals surface area contributed by atoms with E-state index < -0.39 is 6.10 Å². The highest BCUT2D eigenvalue weighted by Gasteiger charge is 2.23. The topological polar surface area (TPSA) is 79.3 Å². The Morgan fingerprint density at radius 3 is 2.36 bits per heavy atom. The van der Waals surface area contributed by atoms with Gasteiger partial charge in [-0.3, -0.25) is 9.69 Å². The highest BCUT2D eigenvalue weighted by Crippen LogP contribution is 2.13. The van der Waals surface area contributed by atoms with Gasteiger partial charge in [0.05, 0.1) is 6.61 Å². The molecule has 1 amide bonds. The molecule has 0 spiro atoms. The van der Waals surface area contributed by atoms with Gasteiger partial charge >= 0.3 is 6.09 Å². The summed E-state index contributed by atoms with van der Waals surface area (Å²) < 4.78 is 10.5. The predicted octanol–water partition coefficient (Wildman–Crippen LogP) is 1.40. The van der Waals surface area contributed by atoms with E-state index >= 15 is 0 Å². The van der Waals surface area contributed by atoms with Crippen molar-refractivity contribution < 1.29 is 24.2 Å². The summed E-state index contributed by atoms with van der Waals surface area (Å²) in [4.78, 5) is 26.7. The molecule has 1 aliphatic heterocycles. The first-order chi connectivity index (χ1) is 12.0. The molecule has 1 aromatic carbocycles. The van der Waals surface area contributed by atoms with E-state index in [2.05, 4.69) is 4.90 Å². The summed E-state index contributed by atoms with van der Waals surface area (Å²) in [5, 5.41) is 10.1. The number of aliphatic hydroxyl groups excluding tert-OH is 1. The molecular weight excluding hydrogens is 324 g/mol. The number of benzene rings is 1. The van der Waals surface area contributed by atoms with Crippen molar-refractivity contribution in [1.82, 2.24) is 9.80 Å². The molecule has 1 N–H and O–H groups in total. The van der Waals surface area contributed by atoms with Crippen LogP contribution in [-0.2, 0) is 4.74 Å². The van der Waals surface area contributed by atoms with Gasteiger partial charge in [-0.05, 0) is 38.1 Å². The third-order valence-electron chi connectivity index (χ3n) is 4.07. The maximum absolute atomic E-state index is 11.6. The SMILES string of the molecule is CCOC(=O)N1CCN(C[C@H](O)COc2ccc(C(C)=O)cc2)CC1. The molecule has 1 aromatic rings. The maximum atomic E-state index is 11.6. The Bertz CT molecular complexity index is 567. The van der Waals surface area contributed by atoms with Gasteiger partial charge in [0, 0.05) is 38.3 Å². The molecule has 1 atom stereocenters. The van der Waals surface area contributed by atoms with Crippen molar-refractivity contribution in [3.05, 3.63) is 29.8 Å². The number of carbonyl (C=O) groups excluding carboxylic acids is 2. The number of nitrogens with zero attached hydrogens (tertiary/aromatic N) is 2. The number of Topliss-reactive ketones (excluding diaryl/α,β-unsaturated/α-hetero) is 1. The third kappa shape index (κ3) is 6.03. The van der Waals surface area contributed by atoms with Gasteiger partial charge in [-0.15, -0.1) is 0 Å². The summed E-state index contributed by atoms with van der Waals surface area (Å²) >= 11 is 0. The van der Waals surface area contributed by atoms with Crippen LogP contribution in [0.2, 0.25) is 0 Å². The van der Waals surface area contributed by atoms with Crippen molar-refractivity contribution in [2.45, 2.75) is 20.0 Å². The van der Waals surface area contributed by atoms with Gasteiger partial charge < -0.3 is 19.5 Å². The molecule has 0 bridgehead atoms. The Balaban J connectivity index is 1.69. The highest BCUT2D eigenvalue weighted by molar-refractivity contribution is 5.94. The standard InChI is InChI=1S/C18H26N2O5/c1-3-24-18(23)20-10-8-19(9-11-20)12-16(22)13-25-17-6-4-15(5-7-17)14(2)21/h4-7,16,22H,3,8-13H2,1-2H3/t16-/m0/s1. The van der Waals surface area contributed by atoms with Crippen LogP contribution in [0.15, 0.2) is 24.3 Å². The average Bonchev–Trinajstić information content (AvgIpc) is 2.61. The summed E-state index contributed by atoms with van der Waals surface area (Å²) in [6.45, 7) is 6.94. The van der Waals surface area contributed by atoms with Crippen LogP contribution in [0.3, 0.4) is 0 Å². The summed E-state index contributed by atoms with van der Waals surface area (Å²) in [7, 11) is 0. The van der Waals surface area contributed by atoms with Gasteiger partial charge in [-0.1, -0.05) is 0 Å². The Hall–Kier alpha value is -2.12. The third-order valence-corrected chi connectivity index (χ3v) is 4.07. The van der Waals surface area contributed by atoms with Crippen LogP contribution in [-0.4, -0.2) is 78.8 Å². The fraction of sp³-hybridized carbons (Fsp3) is 0.556.